The van der Waals surface area contributed by atoms with Crippen molar-refractivity contribution >= 4 is 5.96 Å². The van der Waals surface area contributed by atoms with Crippen molar-refractivity contribution in [3.05, 3.63) is 72.3 Å². The summed E-state index contributed by atoms with van der Waals surface area (Å²) in [7, 11) is 1.79. The Morgan fingerprint density at radius 2 is 1.89 bits per heavy atom. The SMILES string of the molecule is CN=C(NCc1ccccc1-c1ccc(Cn2cncn2)cc1)NC(C)C. The van der Waals surface area contributed by atoms with Gasteiger partial charge in [0.2, 0.25) is 0 Å². The monoisotopic (exact) mass is 362 g/mol. The number of nitrogens with one attached hydrogen (secondary N) is 2. The van der Waals surface area contributed by atoms with Gasteiger partial charge in [-0.25, -0.2) is 9.67 Å². The second-order valence-corrected chi connectivity index (χ2v) is 6.67. The Labute approximate surface area is 160 Å². The number of hydrogen-bond donors (Lipinski definition) is 2. The smallest absolute Gasteiger partial charge is 0.191 e. The van der Waals surface area contributed by atoms with Gasteiger partial charge in [-0.05, 0) is 36.1 Å². The Balaban J connectivity index is 1.73. The predicted molar refractivity (Wildman–Crippen MR) is 109 cm³/mol. The maximum Gasteiger partial charge on any atom is 0.191 e. The molecule has 0 fully saturated rings. The largest absolute Gasteiger partial charge is 0.354 e. The van der Waals surface area contributed by atoms with Crippen molar-refractivity contribution in [2.75, 3.05) is 7.05 Å². The van der Waals surface area contributed by atoms with E-state index in [1.54, 1.807) is 19.7 Å². The van der Waals surface area contributed by atoms with Crippen LogP contribution in [0.25, 0.3) is 11.1 Å². The molecule has 0 aliphatic carbocycles. The van der Waals surface area contributed by atoms with E-state index in [0.717, 1.165) is 12.5 Å². The molecule has 140 valence electrons. The molecule has 0 unspecified atom stereocenters. The topological polar surface area (TPSA) is 67.1 Å². The lowest BCUT2D eigenvalue weighted by Gasteiger charge is -2.16. The predicted octanol–water partition coefficient (Wildman–Crippen LogP) is 3.07. The lowest BCUT2D eigenvalue weighted by Crippen LogP contribution is -2.40. The van der Waals surface area contributed by atoms with E-state index in [2.05, 4.69) is 88.1 Å². The third-order valence-corrected chi connectivity index (χ3v) is 4.19. The highest BCUT2D eigenvalue weighted by molar-refractivity contribution is 5.80. The first-order valence-corrected chi connectivity index (χ1v) is 9.12. The Kier molecular flexibility index (Phi) is 6.20. The van der Waals surface area contributed by atoms with Gasteiger partial charge in [-0.2, -0.15) is 5.10 Å². The van der Waals surface area contributed by atoms with Crippen molar-refractivity contribution in [3.63, 3.8) is 0 Å². The van der Waals surface area contributed by atoms with Crippen LogP contribution in [0.3, 0.4) is 0 Å². The normalized spacial score (nSPS) is 11.6. The molecule has 2 N–H and O–H groups in total. The summed E-state index contributed by atoms with van der Waals surface area (Å²) in [5.74, 6) is 0.808. The van der Waals surface area contributed by atoms with Crippen LogP contribution < -0.4 is 10.6 Å². The van der Waals surface area contributed by atoms with E-state index in [-0.39, 0.29) is 0 Å². The van der Waals surface area contributed by atoms with E-state index in [1.165, 1.54) is 22.3 Å². The van der Waals surface area contributed by atoms with Gasteiger partial charge in [-0.15, -0.1) is 0 Å². The molecule has 1 heterocycles. The molecule has 0 radical (unpaired) electrons. The van der Waals surface area contributed by atoms with Gasteiger partial charge < -0.3 is 10.6 Å². The van der Waals surface area contributed by atoms with Crippen molar-refractivity contribution in [3.8, 4) is 11.1 Å². The molecule has 2 aromatic carbocycles. The van der Waals surface area contributed by atoms with Crippen LogP contribution in [0.15, 0.2) is 66.2 Å². The highest BCUT2D eigenvalue weighted by Crippen LogP contribution is 2.24. The molecule has 1 aromatic heterocycles. The first kappa shape index (κ1) is 18.6. The van der Waals surface area contributed by atoms with Crippen LogP contribution >= 0.6 is 0 Å². The van der Waals surface area contributed by atoms with E-state index in [9.17, 15) is 0 Å². The number of hydrogen-bond acceptors (Lipinski definition) is 3. The van der Waals surface area contributed by atoms with Gasteiger partial charge in [0, 0.05) is 19.6 Å². The van der Waals surface area contributed by atoms with Crippen LogP contribution in [-0.4, -0.2) is 33.8 Å². The van der Waals surface area contributed by atoms with Crippen LogP contribution in [0, 0.1) is 0 Å². The quantitative estimate of drug-likeness (QED) is 0.522. The Morgan fingerprint density at radius 3 is 2.56 bits per heavy atom. The highest BCUT2D eigenvalue weighted by atomic mass is 15.3. The van der Waals surface area contributed by atoms with Crippen molar-refractivity contribution in [1.82, 2.24) is 25.4 Å². The van der Waals surface area contributed by atoms with Crippen molar-refractivity contribution < 1.29 is 0 Å². The summed E-state index contributed by atoms with van der Waals surface area (Å²) in [5, 5.41) is 10.9. The summed E-state index contributed by atoms with van der Waals surface area (Å²) in [4.78, 5) is 8.26. The number of rotatable bonds is 6. The van der Waals surface area contributed by atoms with E-state index in [0.29, 0.717) is 12.6 Å². The maximum absolute atomic E-state index is 4.27. The molecule has 0 spiro atoms. The minimum absolute atomic E-state index is 0.337. The highest BCUT2D eigenvalue weighted by Gasteiger charge is 2.07. The Hall–Kier alpha value is -3.15. The molecule has 0 aliphatic rings. The van der Waals surface area contributed by atoms with E-state index < -0.39 is 0 Å². The molecule has 0 saturated heterocycles. The first-order chi connectivity index (χ1) is 13.2. The summed E-state index contributed by atoms with van der Waals surface area (Å²) < 4.78 is 1.82. The van der Waals surface area contributed by atoms with Gasteiger partial charge in [0.1, 0.15) is 12.7 Å². The number of aromatic nitrogens is 3. The van der Waals surface area contributed by atoms with Crippen LogP contribution in [0.2, 0.25) is 0 Å². The fourth-order valence-corrected chi connectivity index (χ4v) is 2.89. The molecule has 0 amide bonds. The average molecular weight is 362 g/mol. The van der Waals surface area contributed by atoms with Crippen molar-refractivity contribution in [2.45, 2.75) is 33.0 Å². The zero-order valence-electron chi connectivity index (χ0n) is 16.1. The lowest BCUT2D eigenvalue weighted by atomic mass is 9.98. The van der Waals surface area contributed by atoms with Crippen LogP contribution in [0.1, 0.15) is 25.0 Å². The number of benzene rings is 2. The van der Waals surface area contributed by atoms with Gasteiger partial charge in [-0.3, -0.25) is 4.99 Å². The van der Waals surface area contributed by atoms with Gasteiger partial charge >= 0.3 is 0 Å². The number of aliphatic imine (C=N–C) groups is 1. The van der Waals surface area contributed by atoms with Crippen LogP contribution in [-0.2, 0) is 13.1 Å². The molecule has 0 atom stereocenters. The maximum atomic E-state index is 4.27. The molecule has 0 bridgehead atoms. The standard InChI is InChI=1S/C21H26N6/c1-16(2)26-21(22-3)24-12-19-6-4-5-7-20(19)18-10-8-17(9-11-18)13-27-15-23-14-25-27/h4-11,14-16H,12-13H2,1-3H3,(H2,22,24,26). The Bertz CT molecular complexity index is 866. The van der Waals surface area contributed by atoms with Crippen LogP contribution in [0.5, 0.6) is 0 Å². The number of nitrogens with zero attached hydrogens (tertiary/aromatic N) is 4. The fraction of sp³-hybridized carbons (Fsp3) is 0.286. The van der Waals surface area contributed by atoms with E-state index >= 15 is 0 Å². The van der Waals surface area contributed by atoms with Gasteiger partial charge in [-0.1, -0.05) is 48.5 Å². The van der Waals surface area contributed by atoms with Crippen LogP contribution in [0.4, 0.5) is 0 Å². The molecule has 6 nitrogen and oxygen atoms in total. The van der Waals surface area contributed by atoms with E-state index in [1.807, 2.05) is 4.68 Å². The Morgan fingerprint density at radius 1 is 1.11 bits per heavy atom. The second kappa shape index (κ2) is 8.98. The number of guanidine groups is 1. The summed E-state index contributed by atoms with van der Waals surface area (Å²) in [6.45, 7) is 5.63. The first-order valence-electron chi connectivity index (χ1n) is 9.12. The summed E-state index contributed by atoms with van der Waals surface area (Å²) in [5.41, 5.74) is 4.84. The summed E-state index contributed by atoms with van der Waals surface area (Å²) >= 11 is 0. The van der Waals surface area contributed by atoms with Gasteiger partial charge in [0.15, 0.2) is 5.96 Å². The van der Waals surface area contributed by atoms with Gasteiger partial charge in [0.25, 0.3) is 0 Å². The van der Waals surface area contributed by atoms with Crippen molar-refractivity contribution in [2.24, 2.45) is 4.99 Å². The molecule has 6 heteroatoms. The third-order valence-electron chi connectivity index (χ3n) is 4.19. The fourth-order valence-electron chi connectivity index (χ4n) is 2.89. The van der Waals surface area contributed by atoms with Crippen molar-refractivity contribution in [1.29, 1.82) is 0 Å². The lowest BCUT2D eigenvalue weighted by molar-refractivity contribution is 0.685. The summed E-state index contributed by atoms with van der Waals surface area (Å²) in [6, 6.07) is 17.4. The molecular weight excluding hydrogens is 336 g/mol. The zero-order chi connectivity index (χ0) is 19.1. The minimum Gasteiger partial charge on any atom is -0.354 e. The van der Waals surface area contributed by atoms with E-state index in [4.69, 9.17) is 0 Å². The molecule has 3 rings (SSSR count). The molecule has 27 heavy (non-hydrogen) atoms. The minimum atomic E-state index is 0.337. The molecule has 0 aliphatic heterocycles. The second-order valence-electron chi connectivity index (χ2n) is 6.67. The third kappa shape index (κ3) is 5.17. The molecule has 0 saturated carbocycles. The molecular formula is C21H26N6. The zero-order valence-corrected chi connectivity index (χ0v) is 16.1. The summed E-state index contributed by atoms with van der Waals surface area (Å²) in [6.07, 6.45) is 3.28. The average Bonchev–Trinajstić information content (AvgIpc) is 3.19. The molecule has 3 aromatic rings. The van der Waals surface area contributed by atoms with Gasteiger partial charge in [0.05, 0.1) is 6.54 Å².